The number of aromatic nitrogens is 3. The zero-order chi connectivity index (χ0) is 21.8. The van der Waals surface area contributed by atoms with E-state index < -0.39 is 0 Å². The number of carbonyl (C=O) groups excluding carboxylic acids is 1. The summed E-state index contributed by atoms with van der Waals surface area (Å²) in [6, 6.07) is 8.71. The monoisotopic (exact) mass is 506 g/mol. The second-order valence-electron chi connectivity index (χ2n) is 8.58. The van der Waals surface area contributed by atoms with Crippen molar-refractivity contribution in [1.29, 1.82) is 0 Å². The van der Waals surface area contributed by atoms with Crippen molar-refractivity contribution in [1.82, 2.24) is 19.2 Å². The fourth-order valence-electron chi connectivity index (χ4n) is 4.80. The maximum absolute atomic E-state index is 12.2. The topological polar surface area (TPSA) is 52.3 Å². The molecule has 168 valence electrons. The number of piperidine rings is 1. The second-order valence-corrected chi connectivity index (χ2v) is 9.86. The zero-order valence-corrected chi connectivity index (χ0v) is 20.5. The Morgan fingerprint density at radius 3 is 2.61 bits per heavy atom. The summed E-state index contributed by atoms with van der Waals surface area (Å²) >= 11 is 9.48. The van der Waals surface area contributed by atoms with E-state index in [1.54, 1.807) is 0 Å². The predicted molar refractivity (Wildman–Crippen MR) is 127 cm³/mol. The van der Waals surface area contributed by atoms with Crippen molar-refractivity contribution in [2.24, 2.45) is 5.92 Å². The van der Waals surface area contributed by atoms with Crippen molar-refractivity contribution < 1.29 is 9.53 Å². The van der Waals surface area contributed by atoms with Crippen LogP contribution in [0.2, 0.25) is 0 Å². The highest BCUT2D eigenvalue weighted by molar-refractivity contribution is 9.10. The standard InChI is InChI=1S/C23H31BrN4O2S/c1-2-30-22(29)18-7-6-14-26(15-18)16-27-23(31)28(20-8-4-3-5-9-20)21(25-27)17-10-12-19(24)13-11-17/h10-13,18,20H,2-9,14-16H2,1H3. The smallest absolute Gasteiger partial charge is 0.310 e. The molecule has 1 saturated carbocycles. The van der Waals surface area contributed by atoms with Crippen LogP contribution >= 0.6 is 28.1 Å². The molecule has 2 aliphatic rings. The Labute approximate surface area is 197 Å². The molecule has 31 heavy (non-hydrogen) atoms. The van der Waals surface area contributed by atoms with Crippen molar-refractivity contribution in [3.05, 3.63) is 33.5 Å². The molecule has 2 heterocycles. The van der Waals surface area contributed by atoms with Gasteiger partial charge >= 0.3 is 5.97 Å². The zero-order valence-electron chi connectivity index (χ0n) is 18.1. The summed E-state index contributed by atoms with van der Waals surface area (Å²) in [5.74, 6) is 0.802. The van der Waals surface area contributed by atoms with E-state index >= 15 is 0 Å². The van der Waals surface area contributed by atoms with Crippen LogP contribution in [0.15, 0.2) is 28.7 Å². The number of hydrogen-bond donors (Lipinski definition) is 0. The minimum atomic E-state index is -0.0842. The molecule has 0 bridgehead atoms. The van der Waals surface area contributed by atoms with Crippen LogP contribution in [0.3, 0.4) is 0 Å². The van der Waals surface area contributed by atoms with E-state index in [-0.39, 0.29) is 11.9 Å². The summed E-state index contributed by atoms with van der Waals surface area (Å²) in [5, 5.41) is 4.99. The molecule has 1 atom stereocenters. The van der Waals surface area contributed by atoms with Gasteiger partial charge in [0.15, 0.2) is 10.6 Å². The summed E-state index contributed by atoms with van der Waals surface area (Å²) in [5.41, 5.74) is 1.08. The number of nitrogens with zero attached hydrogens (tertiary/aromatic N) is 4. The molecule has 4 rings (SSSR count). The summed E-state index contributed by atoms with van der Waals surface area (Å²) in [6.45, 7) is 4.55. The quantitative estimate of drug-likeness (QED) is 0.378. The molecule has 2 aromatic rings. The molecule has 1 aliphatic carbocycles. The number of hydrogen-bond acceptors (Lipinski definition) is 5. The molecule has 1 unspecified atom stereocenters. The Morgan fingerprint density at radius 2 is 1.90 bits per heavy atom. The van der Waals surface area contributed by atoms with Crippen LogP contribution in [0.5, 0.6) is 0 Å². The van der Waals surface area contributed by atoms with Crippen LogP contribution in [0.25, 0.3) is 11.4 Å². The van der Waals surface area contributed by atoms with Crippen molar-refractivity contribution in [2.45, 2.75) is 64.6 Å². The summed E-state index contributed by atoms with van der Waals surface area (Å²) < 4.78 is 11.3. The van der Waals surface area contributed by atoms with Gasteiger partial charge in [0.25, 0.3) is 0 Å². The van der Waals surface area contributed by atoms with Gasteiger partial charge in [-0.2, -0.15) is 5.10 Å². The Balaban J connectivity index is 1.61. The van der Waals surface area contributed by atoms with Gasteiger partial charge in [-0.25, -0.2) is 4.68 Å². The summed E-state index contributed by atoms with van der Waals surface area (Å²) in [6.07, 6.45) is 7.96. The molecule has 0 amide bonds. The molecule has 1 aliphatic heterocycles. The van der Waals surface area contributed by atoms with Crippen LogP contribution in [0.4, 0.5) is 0 Å². The minimum Gasteiger partial charge on any atom is -0.466 e. The van der Waals surface area contributed by atoms with Crippen LogP contribution in [-0.2, 0) is 16.2 Å². The van der Waals surface area contributed by atoms with Crippen LogP contribution < -0.4 is 0 Å². The first-order chi connectivity index (χ1) is 15.1. The lowest BCUT2D eigenvalue weighted by molar-refractivity contribution is -0.150. The van der Waals surface area contributed by atoms with Gasteiger partial charge < -0.3 is 4.74 Å². The van der Waals surface area contributed by atoms with Crippen molar-refractivity contribution in [2.75, 3.05) is 19.7 Å². The van der Waals surface area contributed by atoms with Crippen LogP contribution in [0.1, 0.15) is 57.9 Å². The largest absolute Gasteiger partial charge is 0.466 e. The molecule has 1 saturated heterocycles. The molecule has 1 aromatic carbocycles. The SMILES string of the molecule is CCOC(=O)C1CCCN(Cn2nc(-c3ccc(Br)cc3)n(C3CCCCC3)c2=S)C1. The Kier molecular flexibility index (Phi) is 7.61. The fourth-order valence-corrected chi connectivity index (χ4v) is 5.40. The molecule has 2 fully saturated rings. The number of halogens is 1. The van der Waals surface area contributed by atoms with Gasteiger partial charge in [0.05, 0.1) is 19.2 Å². The van der Waals surface area contributed by atoms with Gasteiger partial charge in [0, 0.05) is 22.6 Å². The first-order valence-electron chi connectivity index (χ1n) is 11.4. The number of likely N-dealkylation sites (tertiary alicyclic amines) is 1. The van der Waals surface area contributed by atoms with Gasteiger partial charge in [0.1, 0.15) is 0 Å². The lowest BCUT2D eigenvalue weighted by atomic mass is 9.95. The second kappa shape index (κ2) is 10.4. The van der Waals surface area contributed by atoms with E-state index in [2.05, 4.69) is 49.7 Å². The Morgan fingerprint density at radius 1 is 1.16 bits per heavy atom. The Bertz CT molecular complexity index is 949. The minimum absolute atomic E-state index is 0.0609. The summed E-state index contributed by atoms with van der Waals surface area (Å²) in [4.78, 5) is 14.5. The van der Waals surface area contributed by atoms with Crippen molar-refractivity contribution in [3.63, 3.8) is 0 Å². The lowest BCUT2D eigenvalue weighted by Crippen LogP contribution is -2.40. The third-order valence-electron chi connectivity index (χ3n) is 6.37. The highest BCUT2D eigenvalue weighted by atomic mass is 79.9. The lowest BCUT2D eigenvalue weighted by Gasteiger charge is -2.31. The van der Waals surface area contributed by atoms with E-state index in [1.807, 2.05) is 11.6 Å². The van der Waals surface area contributed by atoms with Gasteiger partial charge in [0.2, 0.25) is 0 Å². The molecular formula is C23H31BrN4O2S. The van der Waals surface area contributed by atoms with Crippen molar-refractivity contribution in [3.8, 4) is 11.4 Å². The van der Waals surface area contributed by atoms with Gasteiger partial charge in [-0.3, -0.25) is 14.3 Å². The highest BCUT2D eigenvalue weighted by Gasteiger charge is 2.28. The fraction of sp³-hybridized carbons (Fsp3) is 0.609. The van der Waals surface area contributed by atoms with E-state index in [9.17, 15) is 4.79 Å². The van der Waals surface area contributed by atoms with Gasteiger partial charge in [-0.05, 0) is 63.5 Å². The van der Waals surface area contributed by atoms with Gasteiger partial charge in [-0.1, -0.05) is 47.3 Å². The molecular weight excluding hydrogens is 476 g/mol. The van der Waals surface area contributed by atoms with Crippen molar-refractivity contribution >= 4 is 34.1 Å². The summed E-state index contributed by atoms with van der Waals surface area (Å²) in [7, 11) is 0. The molecule has 0 N–H and O–H groups in total. The molecule has 1 aromatic heterocycles. The molecule has 0 radical (unpaired) electrons. The van der Waals surface area contributed by atoms with Gasteiger partial charge in [-0.15, -0.1) is 0 Å². The molecule has 8 heteroatoms. The number of benzene rings is 1. The van der Waals surface area contributed by atoms with Crippen LogP contribution in [-0.4, -0.2) is 44.9 Å². The Hall–Kier alpha value is -1.51. The number of rotatable bonds is 6. The molecule has 0 spiro atoms. The third-order valence-corrected chi connectivity index (χ3v) is 7.31. The van der Waals surface area contributed by atoms with E-state index in [0.717, 1.165) is 52.9 Å². The maximum Gasteiger partial charge on any atom is 0.310 e. The average molecular weight is 507 g/mol. The third kappa shape index (κ3) is 5.29. The predicted octanol–water partition coefficient (Wildman–Crippen LogP) is 5.58. The maximum atomic E-state index is 12.2. The number of carbonyl (C=O) groups is 1. The normalized spacial score (nSPS) is 20.6. The van der Waals surface area contributed by atoms with E-state index in [4.69, 9.17) is 22.1 Å². The first kappa shape index (κ1) is 22.7. The average Bonchev–Trinajstić information content (AvgIpc) is 3.11. The van der Waals surface area contributed by atoms with Crippen LogP contribution in [0, 0.1) is 10.7 Å². The van der Waals surface area contributed by atoms with E-state index in [1.165, 1.54) is 19.3 Å². The highest BCUT2D eigenvalue weighted by Crippen LogP contribution is 2.33. The molecule has 6 nitrogen and oxygen atoms in total. The number of esters is 1. The number of ether oxygens (including phenoxy) is 1. The van der Waals surface area contributed by atoms with E-state index in [0.29, 0.717) is 25.9 Å². The first-order valence-corrected chi connectivity index (χ1v) is 12.6.